The lowest BCUT2D eigenvalue weighted by molar-refractivity contribution is 0.102. The van der Waals surface area contributed by atoms with Gasteiger partial charge in [-0.05, 0) is 48.1 Å². The third kappa shape index (κ3) is 4.62. The van der Waals surface area contributed by atoms with Crippen LogP contribution in [-0.2, 0) is 12.2 Å². The minimum absolute atomic E-state index is 0.111. The smallest absolute Gasteiger partial charge is 0.255 e. The van der Waals surface area contributed by atoms with Crippen molar-refractivity contribution in [3.63, 3.8) is 0 Å². The third-order valence-electron chi connectivity index (χ3n) is 3.14. The van der Waals surface area contributed by atoms with Gasteiger partial charge in [0.1, 0.15) is 0 Å². The summed E-state index contributed by atoms with van der Waals surface area (Å²) >= 11 is 1.76. The molecule has 0 radical (unpaired) electrons. The molecule has 2 N–H and O–H groups in total. The highest BCUT2D eigenvalue weighted by molar-refractivity contribution is 7.97. The summed E-state index contributed by atoms with van der Waals surface area (Å²) in [5, 5.41) is 11.7. The van der Waals surface area contributed by atoms with E-state index in [1.807, 2.05) is 48.5 Å². The van der Waals surface area contributed by atoms with Crippen molar-refractivity contribution in [2.45, 2.75) is 12.2 Å². The SMILES string of the molecule is CSCc1ccc(C(=O)Nc2ccc(CCO)cc2)cc1. The first-order chi connectivity index (χ1) is 10.2. The van der Waals surface area contributed by atoms with Crippen LogP contribution in [0.1, 0.15) is 21.5 Å². The number of carbonyl (C=O) groups excluding carboxylic acids is 1. The molecular weight excluding hydrogens is 282 g/mol. The number of amides is 1. The lowest BCUT2D eigenvalue weighted by Gasteiger charge is -2.07. The van der Waals surface area contributed by atoms with Crippen molar-refractivity contribution in [3.05, 3.63) is 65.2 Å². The lowest BCUT2D eigenvalue weighted by Crippen LogP contribution is -2.11. The maximum Gasteiger partial charge on any atom is 0.255 e. The van der Waals surface area contributed by atoms with E-state index < -0.39 is 0 Å². The fourth-order valence-corrected chi connectivity index (χ4v) is 2.53. The zero-order valence-electron chi connectivity index (χ0n) is 12.0. The van der Waals surface area contributed by atoms with Crippen LogP contribution < -0.4 is 5.32 Å². The average molecular weight is 301 g/mol. The van der Waals surface area contributed by atoms with Crippen molar-refractivity contribution in [3.8, 4) is 0 Å². The Labute approximate surface area is 129 Å². The van der Waals surface area contributed by atoms with Crippen LogP contribution in [0.3, 0.4) is 0 Å². The monoisotopic (exact) mass is 301 g/mol. The van der Waals surface area contributed by atoms with Crippen molar-refractivity contribution < 1.29 is 9.90 Å². The number of rotatable bonds is 6. The van der Waals surface area contributed by atoms with Crippen LogP contribution in [0.4, 0.5) is 5.69 Å². The number of carbonyl (C=O) groups is 1. The van der Waals surface area contributed by atoms with E-state index in [1.54, 1.807) is 11.8 Å². The summed E-state index contributed by atoms with van der Waals surface area (Å²) in [5.74, 6) is 0.842. The second-order valence-electron chi connectivity index (χ2n) is 4.75. The van der Waals surface area contributed by atoms with Crippen molar-refractivity contribution in [1.82, 2.24) is 0 Å². The minimum Gasteiger partial charge on any atom is -0.396 e. The third-order valence-corrected chi connectivity index (χ3v) is 3.76. The molecule has 0 aliphatic carbocycles. The zero-order valence-corrected chi connectivity index (χ0v) is 12.8. The Hall–Kier alpha value is -1.78. The molecule has 3 nitrogen and oxygen atoms in total. The van der Waals surface area contributed by atoms with Gasteiger partial charge in [0.05, 0.1) is 0 Å². The molecule has 0 aliphatic heterocycles. The Morgan fingerprint density at radius 3 is 2.24 bits per heavy atom. The molecule has 0 unspecified atom stereocenters. The molecule has 2 aromatic carbocycles. The van der Waals surface area contributed by atoms with Gasteiger partial charge in [0.15, 0.2) is 0 Å². The van der Waals surface area contributed by atoms with Crippen LogP contribution in [0, 0.1) is 0 Å². The number of hydrogen-bond acceptors (Lipinski definition) is 3. The van der Waals surface area contributed by atoms with Crippen molar-refractivity contribution in [2.24, 2.45) is 0 Å². The Morgan fingerprint density at radius 1 is 1.05 bits per heavy atom. The van der Waals surface area contributed by atoms with Crippen LogP contribution in [-0.4, -0.2) is 23.9 Å². The molecule has 0 aliphatic rings. The zero-order chi connectivity index (χ0) is 15.1. The fourth-order valence-electron chi connectivity index (χ4n) is 2.01. The van der Waals surface area contributed by atoms with E-state index >= 15 is 0 Å². The summed E-state index contributed by atoms with van der Waals surface area (Å²) in [6.45, 7) is 0.133. The molecule has 0 saturated heterocycles. The molecule has 0 saturated carbocycles. The normalized spacial score (nSPS) is 10.4. The molecule has 1 amide bonds. The quantitative estimate of drug-likeness (QED) is 0.860. The first-order valence-electron chi connectivity index (χ1n) is 6.82. The summed E-state index contributed by atoms with van der Waals surface area (Å²) in [4.78, 5) is 12.1. The fraction of sp³-hybridized carbons (Fsp3) is 0.235. The first-order valence-corrected chi connectivity index (χ1v) is 8.21. The highest BCUT2D eigenvalue weighted by atomic mass is 32.2. The maximum absolute atomic E-state index is 12.1. The molecule has 0 atom stereocenters. The van der Waals surface area contributed by atoms with E-state index in [9.17, 15) is 4.79 Å². The van der Waals surface area contributed by atoms with E-state index in [0.717, 1.165) is 17.0 Å². The molecule has 2 rings (SSSR count). The number of benzene rings is 2. The van der Waals surface area contributed by atoms with Crippen molar-refractivity contribution >= 4 is 23.4 Å². The number of nitrogens with one attached hydrogen (secondary N) is 1. The van der Waals surface area contributed by atoms with Gasteiger partial charge in [-0.25, -0.2) is 0 Å². The second-order valence-corrected chi connectivity index (χ2v) is 5.62. The predicted octanol–water partition coefficient (Wildman–Crippen LogP) is 3.34. The van der Waals surface area contributed by atoms with Crippen LogP contribution in [0.25, 0.3) is 0 Å². The molecule has 0 heterocycles. The van der Waals surface area contributed by atoms with E-state index in [2.05, 4.69) is 11.6 Å². The van der Waals surface area contributed by atoms with Crippen molar-refractivity contribution in [2.75, 3.05) is 18.2 Å². The number of thioether (sulfide) groups is 1. The van der Waals surface area contributed by atoms with Crippen LogP contribution in [0.2, 0.25) is 0 Å². The van der Waals surface area contributed by atoms with Gasteiger partial charge in [-0.3, -0.25) is 4.79 Å². The average Bonchev–Trinajstić information content (AvgIpc) is 2.50. The van der Waals surface area contributed by atoms with Crippen molar-refractivity contribution in [1.29, 1.82) is 0 Å². The number of aliphatic hydroxyl groups is 1. The predicted molar refractivity (Wildman–Crippen MR) is 88.8 cm³/mol. The molecule has 0 aromatic heterocycles. The molecule has 4 heteroatoms. The number of hydrogen-bond donors (Lipinski definition) is 2. The van der Waals surface area contributed by atoms with E-state index in [0.29, 0.717) is 12.0 Å². The van der Waals surface area contributed by atoms with Gasteiger partial charge in [-0.2, -0.15) is 11.8 Å². The van der Waals surface area contributed by atoms with Crippen LogP contribution in [0.15, 0.2) is 48.5 Å². The summed E-state index contributed by atoms with van der Waals surface area (Å²) in [6, 6.07) is 15.2. The molecule has 0 bridgehead atoms. The number of aliphatic hydroxyl groups excluding tert-OH is 1. The topological polar surface area (TPSA) is 49.3 Å². The Morgan fingerprint density at radius 2 is 1.67 bits per heavy atom. The highest BCUT2D eigenvalue weighted by Gasteiger charge is 2.06. The number of anilines is 1. The summed E-state index contributed by atoms with van der Waals surface area (Å²) in [5.41, 5.74) is 3.68. The second kappa shape index (κ2) is 7.86. The lowest BCUT2D eigenvalue weighted by atomic mass is 10.1. The minimum atomic E-state index is -0.111. The summed E-state index contributed by atoms with van der Waals surface area (Å²) in [7, 11) is 0. The molecule has 0 spiro atoms. The molecule has 110 valence electrons. The van der Waals surface area contributed by atoms with Gasteiger partial charge in [0.2, 0.25) is 0 Å². The van der Waals surface area contributed by atoms with E-state index in [-0.39, 0.29) is 12.5 Å². The van der Waals surface area contributed by atoms with E-state index in [1.165, 1.54) is 5.56 Å². The molecule has 2 aromatic rings. The Balaban J connectivity index is 2.00. The Bertz CT molecular complexity index is 579. The first kappa shape index (κ1) is 15.6. The molecule has 21 heavy (non-hydrogen) atoms. The van der Waals surface area contributed by atoms with Gasteiger partial charge < -0.3 is 10.4 Å². The highest BCUT2D eigenvalue weighted by Crippen LogP contribution is 2.14. The van der Waals surface area contributed by atoms with Gasteiger partial charge in [-0.15, -0.1) is 0 Å². The van der Waals surface area contributed by atoms with Crippen LogP contribution >= 0.6 is 11.8 Å². The standard InChI is InChI=1S/C17H19NO2S/c1-21-12-14-2-6-15(7-3-14)17(20)18-16-8-4-13(5-9-16)10-11-19/h2-9,19H,10-12H2,1H3,(H,18,20). The largest absolute Gasteiger partial charge is 0.396 e. The summed E-state index contributed by atoms with van der Waals surface area (Å²) < 4.78 is 0. The Kier molecular flexibility index (Phi) is 5.84. The van der Waals surface area contributed by atoms with Gasteiger partial charge >= 0.3 is 0 Å². The molecule has 0 fully saturated rings. The van der Waals surface area contributed by atoms with E-state index in [4.69, 9.17) is 5.11 Å². The maximum atomic E-state index is 12.1. The van der Waals surface area contributed by atoms with Gasteiger partial charge in [0, 0.05) is 23.6 Å². The van der Waals surface area contributed by atoms with Crippen LogP contribution in [0.5, 0.6) is 0 Å². The molecular formula is C17H19NO2S. The van der Waals surface area contributed by atoms with Gasteiger partial charge in [-0.1, -0.05) is 24.3 Å². The summed E-state index contributed by atoms with van der Waals surface area (Å²) in [6.07, 6.45) is 2.69. The van der Waals surface area contributed by atoms with Gasteiger partial charge in [0.25, 0.3) is 5.91 Å².